The highest BCUT2D eigenvalue weighted by Crippen LogP contribution is 2.24. The number of amides is 2. The Hall–Kier alpha value is -3.66. The number of benzene rings is 2. The molecule has 0 aliphatic rings. The second-order valence-corrected chi connectivity index (χ2v) is 7.83. The van der Waals surface area contributed by atoms with Crippen molar-refractivity contribution in [2.75, 3.05) is 23.5 Å². The molecule has 0 radical (unpaired) electrons. The van der Waals surface area contributed by atoms with E-state index in [0.717, 1.165) is 0 Å². The number of halogens is 1. The van der Waals surface area contributed by atoms with Gasteiger partial charge in [0.25, 0.3) is 0 Å². The molecule has 2 amide bonds. The molecule has 3 rings (SSSR count). The van der Waals surface area contributed by atoms with Crippen LogP contribution >= 0.6 is 11.8 Å². The van der Waals surface area contributed by atoms with Gasteiger partial charge in [0.15, 0.2) is 5.16 Å². The van der Waals surface area contributed by atoms with Gasteiger partial charge in [0.1, 0.15) is 17.4 Å². The molecule has 172 valence electrons. The lowest BCUT2D eigenvalue weighted by molar-refractivity contribution is -0.116. The molecule has 0 saturated carbocycles. The predicted molar refractivity (Wildman–Crippen MR) is 126 cm³/mol. The van der Waals surface area contributed by atoms with Crippen LogP contribution in [-0.2, 0) is 22.6 Å². The predicted octanol–water partition coefficient (Wildman–Crippen LogP) is 3.91. The van der Waals surface area contributed by atoms with Crippen LogP contribution in [0.15, 0.2) is 66.3 Å². The molecule has 1 heterocycles. The molecule has 0 unspecified atom stereocenters. The maximum atomic E-state index is 13.0. The molecule has 10 heteroatoms. The van der Waals surface area contributed by atoms with E-state index in [2.05, 4.69) is 27.4 Å². The number of thioether (sulfide) groups is 1. The maximum absolute atomic E-state index is 13.0. The fraction of sp³-hybridized carbons (Fsp3) is 0.217. The van der Waals surface area contributed by atoms with Crippen molar-refractivity contribution < 1.29 is 18.7 Å². The maximum Gasteiger partial charge on any atom is 0.234 e. The van der Waals surface area contributed by atoms with Crippen molar-refractivity contribution in [1.82, 2.24) is 14.8 Å². The van der Waals surface area contributed by atoms with E-state index in [1.165, 1.54) is 36.0 Å². The summed E-state index contributed by atoms with van der Waals surface area (Å²) in [5.74, 6) is 0.507. The average molecular weight is 470 g/mol. The summed E-state index contributed by atoms with van der Waals surface area (Å²) < 4.78 is 20.1. The highest BCUT2D eigenvalue weighted by atomic mass is 32.2. The third-order valence-electron chi connectivity index (χ3n) is 4.52. The number of nitrogens with one attached hydrogen (secondary N) is 2. The van der Waals surface area contributed by atoms with Crippen molar-refractivity contribution >= 4 is 35.0 Å². The fourth-order valence-electron chi connectivity index (χ4n) is 2.97. The van der Waals surface area contributed by atoms with Crippen molar-refractivity contribution in [2.24, 2.45) is 0 Å². The topological polar surface area (TPSA) is 98.1 Å². The van der Waals surface area contributed by atoms with Gasteiger partial charge in [0.2, 0.25) is 11.8 Å². The van der Waals surface area contributed by atoms with Gasteiger partial charge in [0, 0.05) is 25.1 Å². The van der Waals surface area contributed by atoms with Crippen molar-refractivity contribution in [3.63, 3.8) is 0 Å². The molecule has 8 nitrogen and oxygen atoms in total. The number of aryl methyl sites for hydroxylation is 1. The summed E-state index contributed by atoms with van der Waals surface area (Å²) in [4.78, 5) is 24.6. The van der Waals surface area contributed by atoms with Gasteiger partial charge in [-0.1, -0.05) is 30.0 Å². The first-order valence-electron chi connectivity index (χ1n) is 10.1. The number of aromatic nitrogens is 3. The first-order valence-corrected chi connectivity index (χ1v) is 11.1. The van der Waals surface area contributed by atoms with Gasteiger partial charge < -0.3 is 19.9 Å². The molecule has 3 aromatic rings. The van der Waals surface area contributed by atoms with Gasteiger partial charge >= 0.3 is 0 Å². The normalized spacial score (nSPS) is 10.5. The van der Waals surface area contributed by atoms with Crippen molar-refractivity contribution in [1.29, 1.82) is 0 Å². The van der Waals surface area contributed by atoms with Gasteiger partial charge in [-0.2, -0.15) is 0 Å². The summed E-state index contributed by atoms with van der Waals surface area (Å²) in [5.41, 5.74) is 1.11. The summed E-state index contributed by atoms with van der Waals surface area (Å²) in [6.07, 6.45) is 2.22. The number of ether oxygens (including phenoxy) is 1. The number of rotatable bonds is 11. The summed E-state index contributed by atoms with van der Waals surface area (Å²) in [5, 5.41) is 14.4. The van der Waals surface area contributed by atoms with E-state index in [1.807, 2.05) is 16.7 Å². The number of carbonyl (C=O) groups is 2. The van der Waals surface area contributed by atoms with Crippen LogP contribution in [0.4, 0.5) is 15.8 Å². The number of allylic oxidation sites excluding steroid dienone is 1. The number of hydrogen-bond donors (Lipinski definition) is 2. The third kappa shape index (κ3) is 6.91. The summed E-state index contributed by atoms with van der Waals surface area (Å²) in [7, 11) is 1.54. The molecule has 0 fully saturated rings. The largest absolute Gasteiger partial charge is 0.495 e. The number of nitrogens with zero attached hydrogens (tertiary/aromatic N) is 3. The lowest BCUT2D eigenvalue weighted by Crippen LogP contribution is -2.16. The molecule has 0 bridgehead atoms. The molecule has 0 aliphatic carbocycles. The molecule has 0 atom stereocenters. The molecule has 1 aromatic heterocycles. The molecule has 2 aromatic carbocycles. The second-order valence-electron chi connectivity index (χ2n) is 6.89. The first kappa shape index (κ1) is 24.0. The van der Waals surface area contributed by atoms with Gasteiger partial charge in [-0.3, -0.25) is 9.59 Å². The Morgan fingerprint density at radius 1 is 1.12 bits per heavy atom. The highest BCUT2D eigenvalue weighted by Gasteiger charge is 2.15. The average Bonchev–Trinajstić information content (AvgIpc) is 3.20. The van der Waals surface area contributed by atoms with Gasteiger partial charge in [-0.05, 0) is 36.4 Å². The zero-order valence-electron chi connectivity index (χ0n) is 18.1. The SMILES string of the molecule is C=CCn1c(CCC(=O)Nc2ccc(F)cc2)nnc1SCC(=O)Nc1ccccc1OC. The quantitative estimate of drug-likeness (QED) is 0.326. The zero-order valence-corrected chi connectivity index (χ0v) is 18.9. The summed E-state index contributed by atoms with van der Waals surface area (Å²) in [6, 6.07) is 12.7. The molecule has 0 spiro atoms. The van der Waals surface area contributed by atoms with Gasteiger partial charge in [-0.15, -0.1) is 16.8 Å². The monoisotopic (exact) mass is 469 g/mol. The van der Waals surface area contributed by atoms with E-state index in [-0.39, 0.29) is 29.8 Å². The van der Waals surface area contributed by atoms with Crippen molar-refractivity contribution in [2.45, 2.75) is 24.5 Å². The lowest BCUT2D eigenvalue weighted by atomic mass is 10.2. The number of carbonyl (C=O) groups excluding carboxylic acids is 2. The van der Waals surface area contributed by atoms with Crippen LogP contribution in [0.25, 0.3) is 0 Å². The van der Waals surface area contributed by atoms with Crippen LogP contribution in [0.2, 0.25) is 0 Å². The van der Waals surface area contributed by atoms with E-state index in [0.29, 0.717) is 41.1 Å². The standard InChI is InChI=1S/C23H24FN5O3S/c1-3-14-29-20(12-13-21(30)25-17-10-8-16(24)9-11-17)27-28-23(29)33-15-22(31)26-18-6-4-5-7-19(18)32-2/h3-11H,1,12-15H2,2H3,(H,25,30)(H,26,31). The molecule has 0 aliphatic heterocycles. The molecule has 33 heavy (non-hydrogen) atoms. The first-order chi connectivity index (χ1) is 16.0. The molecular formula is C23H24FN5O3S. The van der Waals surface area contributed by atoms with E-state index in [4.69, 9.17) is 4.74 Å². The summed E-state index contributed by atoms with van der Waals surface area (Å²) in [6.45, 7) is 4.20. The van der Waals surface area contributed by atoms with Crippen molar-refractivity contribution in [3.05, 3.63) is 72.8 Å². The van der Waals surface area contributed by atoms with Crippen LogP contribution in [0.5, 0.6) is 5.75 Å². The minimum atomic E-state index is -0.368. The Bertz CT molecular complexity index is 1120. The second kappa shape index (κ2) is 11.8. The zero-order chi connectivity index (χ0) is 23.6. The summed E-state index contributed by atoms with van der Waals surface area (Å²) >= 11 is 1.24. The number of anilines is 2. The number of para-hydroxylation sites is 2. The van der Waals surface area contributed by atoms with Crippen LogP contribution < -0.4 is 15.4 Å². The molecular weight excluding hydrogens is 445 g/mol. The van der Waals surface area contributed by atoms with Gasteiger partial charge in [-0.25, -0.2) is 4.39 Å². The van der Waals surface area contributed by atoms with Gasteiger partial charge in [0.05, 0.1) is 18.6 Å². The Labute approximate surface area is 195 Å². The van der Waals surface area contributed by atoms with E-state index in [1.54, 1.807) is 25.3 Å². The minimum Gasteiger partial charge on any atom is -0.495 e. The Morgan fingerprint density at radius 2 is 1.88 bits per heavy atom. The van der Waals surface area contributed by atoms with Crippen LogP contribution in [0, 0.1) is 5.82 Å². The number of methoxy groups -OCH3 is 1. The molecule has 0 saturated heterocycles. The smallest absolute Gasteiger partial charge is 0.234 e. The third-order valence-corrected chi connectivity index (χ3v) is 5.49. The number of hydrogen-bond acceptors (Lipinski definition) is 6. The van der Waals surface area contributed by atoms with Crippen LogP contribution in [-0.4, -0.2) is 39.4 Å². The van der Waals surface area contributed by atoms with E-state index < -0.39 is 0 Å². The minimum absolute atomic E-state index is 0.123. The Morgan fingerprint density at radius 3 is 2.61 bits per heavy atom. The highest BCUT2D eigenvalue weighted by molar-refractivity contribution is 7.99. The lowest BCUT2D eigenvalue weighted by Gasteiger charge is -2.10. The Balaban J connectivity index is 1.57. The van der Waals surface area contributed by atoms with Crippen LogP contribution in [0.3, 0.4) is 0 Å². The van der Waals surface area contributed by atoms with Crippen molar-refractivity contribution in [3.8, 4) is 5.75 Å². The van der Waals surface area contributed by atoms with E-state index in [9.17, 15) is 14.0 Å². The van der Waals surface area contributed by atoms with Crippen LogP contribution in [0.1, 0.15) is 12.2 Å². The van der Waals surface area contributed by atoms with E-state index >= 15 is 0 Å². The fourth-order valence-corrected chi connectivity index (χ4v) is 3.74. The molecule has 2 N–H and O–H groups in total. The Kier molecular flexibility index (Phi) is 8.59.